The van der Waals surface area contributed by atoms with Crippen LogP contribution in [0.5, 0.6) is 0 Å². The standard InChI is InChI=1S/C20H34O4/c1-3-19(17(21)22,15-11-7-5-8-12-15)20(4-2,18(23)24)16-13-9-6-10-14-16/h15-16H,3-14H2,1-2H3,(H,21,22)(H,23,24). The molecular formula is C20H34O4. The Morgan fingerprint density at radius 2 is 1.00 bits per heavy atom. The molecule has 0 amide bonds. The van der Waals surface area contributed by atoms with E-state index in [0.717, 1.165) is 64.2 Å². The van der Waals surface area contributed by atoms with Crippen LogP contribution in [0.25, 0.3) is 0 Å². The molecule has 2 fully saturated rings. The maximum absolute atomic E-state index is 12.6. The molecule has 0 aromatic rings. The second kappa shape index (κ2) is 7.88. The van der Waals surface area contributed by atoms with Crippen molar-refractivity contribution in [2.24, 2.45) is 22.7 Å². The topological polar surface area (TPSA) is 74.6 Å². The minimum Gasteiger partial charge on any atom is -0.481 e. The first kappa shape index (κ1) is 19.3. The van der Waals surface area contributed by atoms with Crippen LogP contribution in [0.3, 0.4) is 0 Å². The Morgan fingerprint density at radius 3 is 1.21 bits per heavy atom. The van der Waals surface area contributed by atoms with Crippen LogP contribution < -0.4 is 0 Å². The lowest BCUT2D eigenvalue weighted by atomic mass is 9.47. The van der Waals surface area contributed by atoms with Gasteiger partial charge in [-0.15, -0.1) is 0 Å². The SMILES string of the molecule is CCC(C(=O)O)(C1CCCCC1)C(CC)(C(=O)O)C1CCCCC1. The molecule has 4 nitrogen and oxygen atoms in total. The lowest BCUT2D eigenvalue weighted by Crippen LogP contribution is -2.60. The summed E-state index contributed by atoms with van der Waals surface area (Å²) < 4.78 is 0. The van der Waals surface area contributed by atoms with Crippen LogP contribution in [0, 0.1) is 22.7 Å². The summed E-state index contributed by atoms with van der Waals surface area (Å²) >= 11 is 0. The first-order valence-electron chi connectivity index (χ1n) is 9.94. The van der Waals surface area contributed by atoms with E-state index in [4.69, 9.17) is 0 Å². The fourth-order valence-corrected chi connectivity index (χ4v) is 6.16. The van der Waals surface area contributed by atoms with E-state index >= 15 is 0 Å². The second-order valence-electron chi connectivity index (χ2n) is 7.93. The van der Waals surface area contributed by atoms with Crippen molar-refractivity contribution < 1.29 is 19.8 Å². The van der Waals surface area contributed by atoms with Crippen molar-refractivity contribution in [3.8, 4) is 0 Å². The van der Waals surface area contributed by atoms with Crippen molar-refractivity contribution in [1.82, 2.24) is 0 Å². The third-order valence-corrected chi connectivity index (χ3v) is 7.28. The number of hydrogen-bond acceptors (Lipinski definition) is 2. The zero-order valence-corrected chi connectivity index (χ0v) is 15.4. The molecule has 138 valence electrons. The van der Waals surface area contributed by atoms with Crippen molar-refractivity contribution >= 4 is 11.9 Å². The quantitative estimate of drug-likeness (QED) is 0.676. The molecule has 0 radical (unpaired) electrons. The molecule has 24 heavy (non-hydrogen) atoms. The molecule has 2 unspecified atom stereocenters. The van der Waals surface area contributed by atoms with Gasteiger partial charge in [-0.3, -0.25) is 9.59 Å². The molecule has 2 atom stereocenters. The van der Waals surface area contributed by atoms with E-state index in [1.165, 1.54) is 0 Å². The Bertz CT molecular complexity index is 407. The zero-order chi connectivity index (χ0) is 17.8. The van der Waals surface area contributed by atoms with Gasteiger partial charge in [-0.1, -0.05) is 52.4 Å². The summed E-state index contributed by atoms with van der Waals surface area (Å²) in [6, 6.07) is 0. The normalized spacial score (nSPS) is 25.6. The Kier molecular flexibility index (Phi) is 6.33. The van der Waals surface area contributed by atoms with E-state index in [0.29, 0.717) is 12.8 Å². The van der Waals surface area contributed by atoms with Gasteiger partial charge in [0.2, 0.25) is 0 Å². The highest BCUT2D eigenvalue weighted by Gasteiger charge is 2.65. The largest absolute Gasteiger partial charge is 0.481 e. The molecular weight excluding hydrogens is 304 g/mol. The summed E-state index contributed by atoms with van der Waals surface area (Å²) in [5.74, 6) is -1.75. The molecule has 2 aliphatic carbocycles. The van der Waals surface area contributed by atoms with E-state index < -0.39 is 22.8 Å². The van der Waals surface area contributed by atoms with Crippen LogP contribution in [0.2, 0.25) is 0 Å². The number of hydrogen-bond donors (Lipinski definition) is 2. The Morgan fingerprint density at radius 1 is 0.708 bits per heavy atom. The van der Waals surface area contributed by atoms with Crippen LogP contribution in [-0.2, 0) is 9.59 Å². The molecule has 0 spiro atoms. The third kappa shape index (κ3) is 2.86. The third-order valence-electron chi connectivity index (χ3n) is 7.28. The minimum absolute atomic E-state index is 0.00766. The van der Waals surface area contributed by atoms with Crippen molar-refractivity contribution in [2.45, 2.75) is 90.9 Å². The van der Waals surface area contributed by atoms with Crippen LogP contribution in [0.15, 0.2) is 0 Å². The molecule has 2 aliphatic rings. The van der Waals surface area contributed by atoms with Gasteiger partial charge in [0, 0.05) is 0 Å². The molecule has 2 rings (SSSR count). The van der Waals surface area contributed by atoms with Crippen LogP contribution >= 0.6 is 0 Å². The van der Waals surface area contributed by atoms with Gasteiger partial charge in [0.1, 0.15) is 0 Å². The van der Waals surface area contributed by atoms with Gasteiger partial charge in [0.15, 0.2) is 0 Å². The van der Waals surface area contributed by atoms with E-state index in [2.05, 4.69) is 0 Å². The lowest BCUT2D eigenvalue weighted by Gasteiger charge is -2.54. The molecule has 4 heteroatoms. The zero-order valence-electron chi connectivity index (χ0n) is 15.4. The smallest absolute Gasteiger partial charge is 0.311 e. The second-order valence-corrected chi connectivity index (χ2v) is 7.93. The van der Waals surface area contributed by atoms with Gasteiger partial charge in [-0.05, 0) is 50.4 Å². The van der Waals surface area contributed by atoms with Gasteiger partial charge in [-0.2, -0.15) is 0 Å². The molecule has 2 N–H and O–H groups in total. The number of carbonyl (C=O) groups is 2. The Balaban J connectivity index is 2.58. The van der Waals surface area contributed by atoms with Gasteiger partial charge in [0.25, 0.3) is 0 Å². The van der Waals surface area contributed by atoms with Crippen molar-refractivity contribution in [3.63, 3.8) is 0 Å². The lowest BCUT2D eigenvalue weighted by molar-refractivity contribution is -0.193. The maximum Gasteiger partial charge on any atom is 0.311 e. The van der Waals surface area contributed by atoms with Crippen LogP contribution in [-0.4, -0.2) is 22.2 Å². The van der Waals surface area contributed by atoms with Gasteiger partial charge < -0.3 is 10.2 Å². The monoisotopic (exact) mass is 338 g/mol. The highest BCUT2D eigenvalue weighted by molar-refractivity contribution is 5.87. The summed E-state index contributed by atoms with van der Waals surface area (Å²) in [6.07, 6.45) is 10.7. The van der Waals surface area contributed by atoms with E-state index in [1.807, 2.05) is 13.8 Å². The number of aliphatic carboxylic acids is 2. The maximum atomic E-state index is 12.6. The van der Waals surface area contributed by atoms with Gasteiger partial charge in [0.05, 0.1) is 10.8 Å². The summed E-state index contributed by atoms with van der Waals surface area (Å²) in [4.78, 5) is 25.3. The highest BCUT2D eigenvalue weighted by atomic mass is 16.4. The van der Waals surface area contributed by atoms with Gasteiger partial charge in [-0.25, -0.2) is 0 Å². The number of carboxylic acids is 2. The predicted molar refractivity (Wildman–Crippen MR) is 93.9 cm³/mol. The summed E-state index contributed by atoms with van der Waals surface area (Å²) in [5, 5.41) is 20.7. The molecule has 0 heterocycles. The summed E-state index contributed by atoms with van der Waals surface area (Å²) in [7, 11) is 0. The number of carboxylic acid groups (broad SMARTS) is 2. The first-order chi connectivity index (χ1) is 11.5. The first-order valence-corrected chi connectivity index (χ1v) is 9.94. The van der Waals surface area contributed by atoms with Crippen LogP contribution in [0.1, 0.15) is 90.9 Å². The predicted octanol–water partition coefficient (Wildman–Crippen LogP) is 5.11. The van der Waals surface area contributed by atoms with Crippen molar-refractivity contribution in [3.05, 3.63) is 0 Å². The Hall–Kier alpha value is -1.06. The van der Waals surface area contributed by atoms with E-state index in [-0.39, 0.29) is 11.8 Å². The number of rotatable bonds is 7. The van der Waals surface area contributed by atoms with E-state index in [1.54, 1.807) is 0 Å². The minimum atomic E-state index is -1.13. The Labute approximate surface area is 146 Å². The average Bonchev–Trinajstić information content (AvgIpc) is 2.60. The molecule has 0 saturated heterocycles. The summed E-state index contributed by atoms with van der Waals surface area (Å²) in [6.45, 7) is 3.80. The molecule has 0 aliphatic heterocycles. The average molecular weight is 338 g/mol. The molecule has 0 bridgehead atoms. The molecule has 0 aromatic heterocycles. The highest BCUT2D eigenvalue weighted by Crippen LogP contribution is 2.60. The van der Waals surface area contributed by atoms with Crippen LogP contribution in [0.4, 0.5) is 0 Å². The fraction of sp³-hybridized carbons (Fsp3) is 0.900. The molecule has 0 aromatic carbocycles. The van der Waals surface area contributed by atoms with Crippen molar-refractivity contribution in [1.29, 1.82) is 0 Å². The molecule has 2 saturated carbocycles. The van der Waals surface area contributed by atoms with Crippen molar-refractivity contribution in [2.75, 3.05) is 0 Å². The fourth-order valence-electron chi connectivity index (χ4n) is 6.16. The van der Waals surface area contributed by atoms with E-state index in [9.17, 15) is 19.8 Å². The summed E-state index contributed by atoms with van der Waals surface area (Å²) in [5.41, 5.74) is -2.26. The van der Waals surface area contributed by atoms with Gasteiger partial charge >= 0.3 is 11.9 Å².